The highest BCUT2D eigenvalue weighted by Crippen LogP contribution is 2.33. The number of sulfonamides is 1. The van der Waals surface area contributed by atoms with Gasteiger partial charge in [-0.1, -0.05) is 12.1 Å². The summed E-state index contributed by atoms with van der Waals surface area (Å²) in [6, 6.07) is 4.31. The van der Waals surface area contributed by atoms with Gasteiger partial charge in [0.25, 0.3) is 0 Å². The van der Waals surface area contributed by atoms with Crippen LogP contribution < -0.4 is 4.72 Å². The molecule has 0 amide bonds. The zero-order chi connectivity index (χ0) is 15.8. The molecule has 0 bridgehead atoms. The largest absolute Gasteiger partial charge is 0.344 e. The van der Waals surface area contributed by atoms with Crippen molar-refractivity contribution in [2.45, 2.75) is 30.8 Å². The van der Waals surface area contributed by atoms with Crippen LogP contribution in [0.5, 0.6) is 0 Å². The Morgan fingerprint density at radius 2 is 2.05 bits per heavy atom. The van der Waals surface area contributed by atoms with Crippen molar-refractivity contribution >= 4 is 15.7 Å². The third-order valence-corrected chi connectivity index (χ3v) is 5.59. The number of benzene rings is 1. The van der Waals surface area contributed by atoms with E-state index in [1.807, 2.05) is 0 Å². The lowest BCUT2D eigenvalue weighted by Crippen LogP contribution is -2.37. The van der Waals surface area contributed by atoms with Gasteiger partial charge in [-0.3, -0.25) is 4.72 Å². The van der Waals surface area contributed by atoms with E-state index < -0.39 is 26.9 Å². The predicted octanol–water partition coefficient (Wildman–Crippen LogP) is 2.34. The second-order valence-electron chi connectivity index (χ2n) is 5.58. The number of ether oxygens (including phenoxy) is 2. The van der Waals surface area contributed by atoms with Gasteiger partial charge in [0.05, 0.1) is 24.2 Å². The molecule has 1 aliphatic carbocycles. The third-order valence-electron chi connectivity index (χ3n) is 3.89. The molecule has 1 heterocycles. The molecule has 120 valence electrons. The van der Waals surface area contributed by atoms with Crippen LogP contribution in [0.25, 0.3) is 0 Å². The van der Waals surface area contributed by atoms with Gasteiger partial charge in [-0.05, 0) is 37.1 Å². The van der Waals surface area contributed by atoms with Gasteiger partial charge < -0.3 is 9.47 Å². The van der Waals surface area contributed by atoms with Crippen LogP contribution in [0.3, 0.4) is 0 Å². The lowest BCUT2D eigenvalue weighted by Gasteiger charge is -2.30. The van der Waals surface area contributed by atoms with E-state index in [1.54, 1.807) is 25.1 Å². The second kappa shape index (κ2) is 5.64. The topological polar surface area (TPSA) is 64.6 Å². The Hall–Kier alpha value is -1.44. The van der Waals surface area contributed by atoms with E-state index in [2.05, 4.69) is 4.72 Å². The van der Waals surface area contributed by atoms with Crippen molar-refractivity contribution in [3.63, 3.8) is 0 Å². The summed E-state index contributed by atoms with van der Waals surface area (Å²) in [5.41, 5.74) is 0.757. The van der Waals surface area contributed by atoms with E-state index >= 15 is 0 Å². The van der Waals surface area contributed by atoms with Crippen LogP contribution in [-0.4, -0.2) is 32.7 Å². The Labute approximate surface area is 129 Å². The van der Waals surface area contributed by atoms with Gasteiger partial charge in [-0.2, -0.15) is 0 Å². The maximum Gasteiger partial charge on any atom is 0.239 e. The number of hydrogen-bond donors (Lipinski definition) is 1. The maximum atomic E-state index is 13.7. The zero-order valence-electron chi connectivity index (χ0n) is 12.2. The monoisotopic (exact) mass is 327 g/mol. The molecule has 0 aromatic heterocycles. The molecule has 1 atom stereocenters. The number of hydrogen-bond acceptors (Lipinski definition) is 4. The van der Waals surface area contributed by atoms with Crippen molar-refractivity contribution in [3.05, 3.63) is 41.7 Å². The Bertz CT molecular complexity index is 695. The van der Waals surface area contributed by atoms with Crippen LogP contribution in [0, 0.1) is 12.7 Å². The molecule has 1 fully saturated rings. The molecular weight excluding hydrogens is 309 g/mol. The average molecular weight is 327 g/mol. The highest BCUT2D eigenvalue weighted by atomic mass is 32.2. The average Bonchev–Trinajstić information content (AvgIpc) is 2.91. The lowest BCUT2D eigenvalue weighted by molar-refractivity contribution is -0.124. The second-order valence-corrected chi connectivity index (χ2v) is 7.48. The Balaban J connectivity index is 1.78. The minimum absolute atomic E-state index is 0.0259. The van der Waals surface area contributed by atoms with Crippen molar-refractivity contribution in [2.24, 2.45) is 0 Å². The molecule has 1 aromatic rings. The Kier molecular flexibility index (Phi) is 3.96. The summed E-state index contributed by atoms with van der Waals surface area (Å²) in [4.78, 5) is 0. The van der Waals surface area contributed by atoms with Gasteiger partial charge in [-0.15, -0.1) is 0 Å². The van der Waals surface area contributed by atoms with E-state index in [9.17, 15) is 12.8 Å². The van der Waals surface area contributed by atoms with Crippen LogP contribution in [0.4, 0.5) is 10.1 Å². The van der Waals surface area contributed by atoms with Crippen molar-refractivity contribution in [2.75, 3.05) is 17.9 Å². The summed E-state index contributed by atoms with van der Waals surface area (Å²) in [7, 11) is -3.71. The minimum Gasteiger partial charge on any atom is -0.344 e. The van der Waals surface area contributed by atoms with E-state index in [1.165, 1.54) is 12.1 Å². The molecule has 0 radical (unpaired) electrons. The third kappa shape index (κ3) is 3.02. The standard InChI is InChI=1S/C15H18FNO4S/c1-11-2-3-13(16)14(10-11)17-22(18,19)12-4-6-15(7-5-12)20-8-9-21-15/h2-4,6,10,12,17H,5,7-9H2,1H3. The van der Waals surface area contributed by atoms with Gasteiger partial charge >= 0.3 is 0 Å². The normalized spacial score (nSPS) is 23.8. The Morgan fingerprint density at radius 3 is 2.68 bits per heavy atom. The molecule has 7 heteroatoms. The SMILES string of the molecule is Cc1ccc(F)c(NS(=O)(=O)C2C=CC3(CC2)OCCO3)c1. The minimum atomic E-state index is -3.71. The molecule has 5 nitrogen and oxygen atoms in total. The molecular formula is C15H18FNO4S. The molecule has 1 spiro atoms. The van der Waals surface area contributed by atoms with Crippen molar-refractivity contribution in [1.29, 1.82) is 0 Å². The number of rotatable bonds is 3. The van der Waals surface area contributed by atoms with Crippen LogP contribution in [0.15, 0.2) is 30.4 Å². The quantitative estimate of drug-likeness (QED) is 0.866. The number of nitrogens with one attached hydrogen (secondary N) is 1. The molecule has 22 heavy (non-hydrogen) atoms. The predicted molar refractivity (Wildman–Crippen MR) is 80.5 cm³/mol. The van der Waals surface area contributed by atoms with Crippen LogP contribution in [0.1, 0.15) is 18.4 Å². The van der Waals surface area contributed by atoms with Crippen molar-refractivity contribution < 1.29 is 22.3 Å². The van der Waals surface area contributed by atoms with Crippen molar-refractivity contribution in [1.82, 2.24) is 0 Å². The highest BCUT2D eigenvalue weighted by Gasteiger charge is 2.39. The van der Waals surface area contributed by atoms with Gasteiger partial charge in [0.2, 0.25) is 10.0 Å². The van der Waals surface area contributed by atoms with Gasteiger partial charge in [-0.25, -0.2) is 12.8 Å². The van der Waals surface area contributed by atoms with Crippen LogP contribution >= 0.6 is 0 Å². The van der Waals surface area contributed by atoms with E-state index in [0.717, 1.165) is 5.56 Å². The smallest absolute Gasteiger partial charge is 0.239 e. The summed E-state index contributed by atoms with van der Waals surface area (Å²) in [5.74, 6) is -1.37. The first kappa shape index (κ1) is 15.5. The van der Waals surface area contributed by atoms with Crippen LogP contribution in [-0.2, 0) is 19.5 Å². The summed E-state index contributed by atoms with van der Waals surface area (Å²) in [6.07, 6.45) is 4.04. The van der Waals surface area contributed by atoms with E-state index in [0.29, 0.717) is 26.1 Å². The van der Waals surface area contributed by atoms with Gasteiger partial charge in [0.15, 0.2) is 5.79 Å². The first-order valence-corrected chi connectivity index (χ1v) is 8.70. The highest BCUT2D eigenvalue weighted by molar-refractivity contribution is 7.93. The summed E-state index contributed by atoms with van der Waals surface area (Å²) in [5, 5.41) is -0.731. The summed E-state index contributed by atoms with van der Waals surface area (Å²) in [6.45, 7) is 2.79. The first-order valence-electron chi connectivity index (χ1n) is 7.15. The first-order chi connectivity index (χ1) is 10.4. The molecule has 1 N–H and O–H groups in total. The number of aryl methyl sites for hydroxylation is 1. The fourth-order valence-corrected chi connectivity index (χ4v) is 4.02. The fraction of sp³-hybridized carbons (Fsp3) is 0.467. The molecule has 2 aliphatic rings. The van der Waals surface area contributed by atoms with Crippen molar-refractivity contribution in [3.8, 4) is 0 Å². The fourth-order valence-electron chi connectivity index (χ4n) is 2.69. The Morgan fingerprint density at radius 1 is 1.32 bits per heavy atom. The summed E-state index contributed by atoms with van der Waals surface area (Å²) < 4.78 is 51.9. The van der Waals surface area contributed by atoms with E-state index in [4.69, 9.17) is 9.47 Å². The molecule has 0 saturated carbocycles. The number of anilines is 1. The molecule has 1 saturated heterocycles. The maximum absolute atomic E-state index is 13.7. The zero-order valence-corrected chi connectivity index (χ0v) is 13.0. The van der Waals surface area contributed by atoms with Gasteiger partial charge in [0, 0.05) is 6.42 Å². The van der Waals surface area contributed by atoms with E-state index in [-0.39, 0.29) is 5.69 Å². The molecule has 1 aliphatic heterocycles. The van der Waals surface area contributed by atoms with Crippen LogP contribution in [0.2, 0.25) is 0 Å². The molecule has 1 unspecified atom stereocenters. The lowest BCUT2D eigenvalue weighted by atomic mass is 10.0. The summed E-state index contributed by atoms with van der Waals surface area (Å²) >= 11 is 0. The molecule has 1 aromatic carbocycles. The molecule has 3 rings (SSSR count). The van der Waals surface area contributed by atoms with Gasteiger partial charge in [0.1, 0.15) is 5.82 Å². The number of halogens is 1.